The Morgan fingerprint density at radius 2 is 1.46 bits per heavy atom. The van der Waals surface area contributed by atoms with E-state index in [1.807, 2.05) is 26.8 Å². The number of fused-ring (bicyclic) bond motifs is 5. The van der Waals surface area contributed by atoms with Gasteiger partial charge in [-0.25, -0.2) is 19.4 Å². The number of unbranched alkanes of at least 4 members (excludes halogenated alkanes) is 3. The molecule has 0 radical (unpaired) electrons. The van der Waals surface area contributed by atoms with E-state index in [0.717, 1.165) is 36.6 Å². The van der Waals surface area contributed by atoms with E-state index in [1.165, 1.54) is 0 Å². The Labute approximate surface area is 354 Å². The number of nitrogens with zero attached hydrogens (tertiary/aromatic N) is 2. The van der Waals surface area contributed by atoms with Crippen LogP contribution >= 0.6 is 0 Å². The molecule has 4 heterocycles. The number of aliphatic hydroxyl groups is 1. The summed E-state index contributed by atoms with van der Waals surface area (Å²) < 4.78 is 44.2. The first-order valence-corrected chi connectivity index (χ1v) is 20.8. The van der Waals surface area contributed by atoms with E-state index in [-0.39, 0.29) is 68.5 Å². The molecular weight excluding hydrogens is 796 g/mol. The molecular formula is C43H58N4O14. The molecule has 1 atom stereocenters. The first-order valence-electron chi connectivity index (χ1n) is 20.8. The minimum Gasteiger partial charge on any atom is -0.460 e. The third kappa shape index (κ3) is 13.7. The molecule has 0 saturated carbocycles. The van der Waals surface area contributed by atoms with Crippen molar-refractivity contribution >= 4 is 35.0 Å². The molecule has 1 aromatic carbocycles. The number of alkyl carbamates (subject to hydrolysis) is 1. The van der Waals surface area contributed by atoms with Gasteiger partial charge in [0.2, 0.25) is 0 Å². The van der Waals surface area contributed by atoms with Crippen molar-refractivity contribution in [1.29, 1.82) is 0 Å². The molecule has 2 aliphatic heterocycles. The van der Waals surface area contributed by atoms with Crippen LogP contribution in [0, 0.1) is 0 Å². The Morgan fingerprint density at radius 1 is 0.836 bits per heavy atom. The van der Waals surface area contributed by atoms with Crippen molar-refractivity contribution in [3.05, 3.63) is 57.4 Å². The zero-order valence-corrected chi connectivity index (χ0v) is 35.5. The molecule has 0 unspecified atom stereocenters. The number of pyridine rings is 2. The van der Waals surface area contributed by atoms with Crippen molar-refractivity contribution in [3.63, 3.8) is 0 Å². The highest BCUT2D eigenvalue weighted by Crippen LogP contribution is 2.39. The van der Waals surface area contributed by atoms with Gasteiger partial charge in [0.1, 0.15) is 24.6 Å². The Balaban J connectivity index is 0.856. The van der Waals surface area contributed by atoms with Crippen LogP contribution in [0.15, 0.2) is 35.1 Å². The summed E-state index contributed by atoms with van der Waals surface area (Å²) in [4.78, 5) is 66.7. The predicted octanol–water partition coefficient (Wildman–Crippen LogP) is 4.25. The van der Waals surface area contributed by atoms with Crippen LogP contribution in [0.5, 0.6) is 5.75 Å². The van der Waals surface area contributed by atoms with Gasteiger partial charge in [0.15, 0.2) is 5.60 Å². The third-order valence-electron chi connectivity index (χ3n) is 9.78. The minimum absolute atomic E-state index is 0.0618. The van der Waals surface area contributed by atoms with Crippen LogP contribution in [0.1, 0.15) is 82.9 Å². The van der Waals surface area contributed by atoms with E-state index < -0.39 is 29.4 Å². The number of aromatic nitrogens is 2. The second kappa shape index (κ2) is 22.6. The minimum atomic E-state index is -1.90. The zero-order chi connectivity index (χ0) is 43.8. The molecule has 2 aromatic heterocycles. The average Bonchev–Trinajstić information content (AvgIpc) is 3.57. The number of carbonyl (C=O) groups excluding carboxylic acids is 4. The summed E-state index contributed by atoms with van der Waals surface area (Å²) in [7, 11) is 0. The van der Waals surface area contributed by atoms with Gasteiger partial charge in [0.25, 0.3) is 5.56 Å². The van der Waals surface area contributed by atoms with Gasteiger partial charge in [-0.15, -0.1) is 0 Å². The van der Waals surface area contributed by atoms with E-state index >= 15 is 0 Å². The Morgan fingerprint density at radius 3 is 2.10 bits per heavy atom. The summed E-state index contributed by atoms with van der Waals surface area (Å²) in [6, 6.07) is 8.64. The van der Waals surface area contributed by atoms with E-state index in [9.17, 15) is 29.1 Å². The van der Waals surface area contributed by atoms with E-state index in [2.05, 4.69) is 10.6 Å². The number of carbonyl (C=O) groups is 4. The Kier molecular flexibility index (Phi) is 17.4. The molecule has 18 heteroatoms. The number of esters is 2. The number of amides is 2. The fourth-order valence-electron chi connectivity index (χ4n) is 6.71. The lowest BCUT2D eigenvalue weighted by atomic mass is 9.86. The molecule has 0 bridgehead atoms. The highest BCUT2D eigenvalue weighted by molar-refractivity contribution is 5.87. The van der Waals surface area contributed by atoms with Crippen LogP contribution in [-0.4, -0.2) is 117 Å². The van der Waals surface area contributed by atoms with Gasteiger partial charge < -0.3 is 58.2 Å². The summed E-state index contributed by atoms with van der Waals surface area (Å²) in [6.45, 7) is 11.0. The Bertz CT molecular complexity index is 2050. The molecule has 2 aliphatic rings. The van der Waals surface area contributed by atoms with Crippen molar-refractivity contribution in [2.24, 2.45) is 0 Å². The summed E-state index contributed by atoms with van der Waals surface area (Å²) in [6.07, 6.45) is 2.34. The molecule has 334 valence electrons. The SMILES string of the molecule is CC[C@]1(O)C(=O)OCc2c1cc1n(c2=O)Cc2cc3cc(OC(=O)NCCCCCCNC(=O)OCCOCCOCCOCCOCCC(=O)OC(C)(C)C)ccc3nc2-1. The van der Waals surface area contributed by atoms with E-state index in [1.54, 1.807) is 35.8 Å². The maximum atomic E-state index is 13.4. The molecule has 3 N–H and O–H groups in total. The molecule has 0 spiro atoms. The molecule has 0 aliphatic carbocycles. The van der Waals surface area contributed by atoms with Crippen molar-refractivity contribution in [2.75, 3.05) is 72.6 Å². The molecule has 61 heavy (non-hydrogen) atoms. The monoisotopic (exact) mass is 854 g/mol. The first-order chi connectivity index (χ1) is 29.3. The van der Waals surface area contributed by atoms with Gasteiger partial charge in [-0.2, -0.15) is 0 Å². The standard InChI is InChI=1S/C43H58N4O14/c1-5-43(53)33-26-35-37-30(27-47(35)38(49)32(33)28-59-39(43)50)24-29-25-31(10-11-34(29)46-37)60-41(52)45-14-9-7-6-8-13-44-40(51)58-23-22-57-21-20-56-19-18-55-17-16-54-15-12-36(48)61-42(2,3)4/h10-11,24-26,53H,5-9,12-23,27-28H2,1-4H3,(H,44,51)(H,45,52)/t43-/m1/s1. The van der Waals surface area contributed by atoms with Gasteiger partial charge in [0, 0.05) is 29.6 Å². The van der Waals surface area contributed by atoms with Crippen LogP contribution in [0.25, 0.3) is 22.3 Å². The molecule has 2 amide bonds. The topological polar surface area (TPSA) is 221 Å². The maximum absolute atomic E-state index is 13.4. The predicted molar refractivity (Wildman–Crippen MR) is 220 cm³/mol. The number of benzene rings is 1. The molecule has 0 saturated heterocycles. The Hall–Kier alpha value is -5.14. The quantitative estimate of drug-likeness (QED) is 0.0510. The van der Waals surface area contributed by atoms with Gasteiger partial charge >= 0.3 is 24.1 Å². The van der Waals surface area contributed by atoms with Crippen molar-refractivity contribution in [1.82, 2.24) is 20.2 Å². The number of cyclic esters (lactones) is 1. The number of ether oxygens (including phenoxy) is 8. The fourth-order valence-corrected chi connectivity index (χ4v) is 6.71. The van der Waals surface area contributed by atoms with Crippen molar-refractivity contribution in [2.45, 2.75) is 90.6 Å². The highest BCUT2D eigenvalue weighted by atomic mass is 16.6. The smallest absolute Gasteiger partial charge is 0.412 e. The lowest BCUT2D eigenvalue weighted by Crippen LogP contribution is -2.44. The van der Waals surface area contributed by atoms with E-state index in [4.69, 9.17) is 42.9 Å². The summed E-state index contributed by atoms with van der Waals surface area (Å²) >= 11 is 0. The average molecular weight is 855 g/mol. The summed E-state index contributed by atoms with van der Waals surface area (Å²) in [5.74, 6) is -0.727. The second-order valence-electron chi connectivity index (χ2n) is 15.5. The number of rotatable bonds is 24. The molecule has 18 nitrogen and oxygen atoms in total. The zero-order valence-electron chi connectivity index (χ0n) is 35.5. The van der Waals surface area contributed by atoms with Crippen LogP contribution < -0.4 is 20.9 Å². The van der Waals surface area contributed by atoms with Crippen molar-refractivity contribution < 1.29 is 62.2 Å². The fraction of sp³-hybridized carbons (Fsp3) is 0.581. The number of hydrogen-bond acceptors (Lipinski definition) is 15. The number of hydrogen-bond donors (Lipinski definition) is 3. The molecule has 3 aromatic rings. The van der Waals surface area contributed by atoms with Crippen LogP contribution in [-0.2, 0) is 61.5 Å². The van der Waals surface area contributed by atoms with Gasteiger partial charge in [0.05, 0.1) is 88.3 Å². The van der Waals surface area contributed by atoms with Crippen LogP contribution in [0.2, 0.25) is 0 Å². The second-order valence-corrected chi connectivity index (χ2v) is 15.5. The van der Waals surface area contributed by atoms with Crippen LogP contribution in [0.4, 0.5) is 9.59 Å². The largest absolute Gasteiger partial charge is 0.460 e. The maximum Gasteiger partial charge on any atom is 0.412 e. The number of nitrogens with one attached hydrogen (secondary N) is 2. The molecule has 5 rings (SSSR count). The summed E-state index contributed by atoms with van der Waals surface area (Å²) in [5, 5.41) is 17.3. The van der Waals surface area contributed by atoms with Crippen molar-refractivity contribution in [3.8, 4) is 17.1 Å². The lowest BCUT2D eigenvalue weighted by molar-refractivity contribution is -0.172. The first kappa shape index (κ1) is 46.9. The van der Waals surface area contributed by atoms with Crippen LogP contribution in [0.3, 0.4) is 0 Å². The lowest BCUT2D eigenvalue weighted by Gasteiger charge is -2.31. The summed E-state index contributed by atoms with van der Waals surface area (Å²) in [5.41, 5.74) is 0.295. The molecule has 0 fully saturated rings. The van der Waals surface area contributed by atoms with E-state index in [0.29, 0.717) is 75.4 Å². The van der Waals surface area contributed by atoms with Gasteiger partial charge in [-0.1, -0.05) is 19.8 Å². The van der Waals surface area contributed by atoms with Gasteiger partial charge in [-0.05, 0) is 70.4 Å². The third-order valence-corrected chi connectivity index (χ3v) is 9.78. The normalized spacial score (nSPS) is 15.4. The van der Waals surface area contributed by atoms with Gasteiger partial charge in [-0.3, -0.25) is 9.59 Å². The highest BCUT2D eigenvalue weighted by Gasteiger charge is 2.45.